The maximum absolute atomic E-state index is 13.5. The van der Waals surface area contributed by atoms with Gasteiger partial charge in [0.15, 0.2) is 0 Å². The number of hydrogen-bond acceptors (Lipinski definition) is 4. The van der Waals surface area contributed by atoms with E-state index in [1.54, 1.807) is 4.90 Å². The zero-order chi connectivity index (χ0) is 23.3. The molecule has 0 fully saturated rings. The highest BCUT2D eigenvalue weighted by Gasteiger charge is 2.24. The Labute approximate surface area is 192 Å². The lowest BCUT2D eigenvalue weighted by atomic mass is 9.98. The van der Waals surface area contributed by atoms with E-state index in [1.165, 1.54) is 11.1 Å². The average Bonchev–Trinajstić information content (AvgIpc) is 2.77. The van der Waals surface area contributed by atoms with E-state index in [1.807, 2.05) is 53.2 Å². The van der Waals surface area contributed by atoms with Crippen molar-refractivity contribution in [2.45, 2.75) is 33.2 Å². The van der Waals surface area contributed by atoms with E-state index in [2.05, 4.69) is 39.4 Å². The number of amides is 2. The molecule has 0 atom stereocenters. The highest BCUT2D eigenvalue weighted by Crippen LogP contribution is 2.30. The van der Waals surface area contributed by atoms with Crippen LogP contribution in [0.25, 0.3) is 0 Å². The van der Waals surface area contributed by atoms with Gasteiger partial charge in [0.25, 0.3) is 5.91 Å². The summed E-state index contributed by atoms with van der Waals surface area (Å²) in [6, 6.07) is 14.2. The van der Waals surface area contributed by atoms with Gasteiger partial charge in [-0.3, -0.25) is 9.59 Å². The zero-order valence-electron chi connectivity index (χ0n) is 20.0. The van der Waals surface area contributed by atoms with Gasteiger partial charge in [0.05, 0.1) is 5.56 Å². The van der Waals surface area contributed by atoms with Gasteiger partial charge in [-0.2, -0.15) is 0 Å². The summed E-state index contributed by atoms with van der Waals surface area (Å²) in [6.07, 6.45) is 1.86. The van der Waals surface area contributed by atoms with Crippen LogP contribution in [-0.4, -0.2) is 62.4 Å². The van der Waals surface area contributed by atoms with Crippen molar-refractivity contribution < 1.29 is 9.59 Å². The molecule has 0 unspecified atom stereocenters. The van der Waals surface area contributed by atoms with Crippen LogP contribution in [0.2, 0.25) is 0 Å². The number of hydrogen-bond donors (Lipinski definition) is 1. The maximum atomic E-state index is 13.5. The zero-order valence-corrected chi connectivity index (χ0v) is 20.0. The van der Waals surface area contributed by atoms with Gasteiger partial charge in [-0.05, 0) is 62.8 Å². The van der Waals surface area contributed by atoms with Gasteiger partial charge in [0.2, 0.25) is 5.91 Å². The van der Waals surface area contributed by atoms with E-state index in [0.29, 0.717) is 17.8 Å². The number of nitrogens with zero attached hydrogens (tertiary/aromatic N) is 3. The van der Waals surface area contributed by atoms with Crippen LogP contribution >= 0.6 is 0 Å². The van der Waals surface area contributed by atoms with Crippen molar-refractivity contribution in [1.82, 2.24) is 9.80 Å². The van der Waals surface area contributed by atoms with Crippen LogP contribution in [0.15, 0.2) is 42.5 Å². The average molecular weight is 437 g/mol. The first-order valence-electron chi connectivity index (χ1n) is 11.4. The fourth-order valence-electron chi connectivity index (χ4n) is 3.98. The topological polar surface area (TPSA) is 55.9 Å². The number of fused-ring (bicyclic) bond motifs is 1. The standard InChI is InChI=1S/C26H36N4O2/c1-19(2)25(31)27-22-11-12-24(30-16-13-20-9-6-7-10-21(20)18-30)23(17-22)26(32)29(5)15-8-14-28(3)4/h6-7,9-12,17,19H,8,13-16,18H2,1-5H3,(H,27,31). The highest BCUT2D eigenvalue weighted by atomic mass is 16.2. The Hall–Kier alpha value is -2.86. The molecule has 3 rings (SSSR count). The van der Waals surface area contributed by atoms with E-state index in [0.717, 1.165) is 38.2 Å². The summed E-state index contributed by atoms with van der Waals surface area (Å²) in [7, 11) is 5.93. The van der Waals surface area contributed by atoms with Gasteiger partial charge in [0.1, 0.15) is 0 Å². The molecular weight excluding hydrogens is 400 g/mol. The monoisotopic (exact) mass is 436 g/mol. The normalized spacial score (nSPS) is 13.3. The van der Waals surface area contributed by atoms with Crippen LogP contribution in [0.4, 0.5) is 11.4 Å². The van der Waals surface area contributed by atoms with Crippen LogP contribution in [0.5, 0.6) is 0 Å². The Morgan fingerprint density at radius 3 is 2.44 bits per heavy atom. The summed E-state index contributed by atoms with van der Waals surface area (Å²) < 4.78 is 0. The second kappa shape index (κ2) is 10.6. The number of nitrogens with one attached hydrogen (secondary N) is 1. The molecule has 32 heavy (non-hydrogen) atoms. The van der Waals surface area contributed by atoms with Crippen molar-refractivity contribution in [3.8, 4) is 0 Å². The largest absolute Gasteiger partial charge is 0.366 e. The molecule has 0 aliphatic carbocycles. The Kier molecular flexibility index (Phi) is 7.91. The number of rotatable bonds is 8. The summed E-state index contributed by atoms with van der Waals surface area (Å²) in [4.78, 5) is 31.9. The first kappa shape index (κ1) is 23.8. The smallest absolute Gasteiger partial charge is 0.255 e. The number of carbonyl (C=O) groups is 2. The molecule has 6 heteroatoms. The Morgan fingerprint density at radius 2 is 1.75 bits per heavy atom. The van der Waals surface area contributed by atoms with E-state index in [4.69, 9.17) is 0 Å². The fraction of sp³-hybridized carbons (Fsp3) is 0.462. The minimum absolute atomic E-state index is 0.0155. The molecule has 0 bridgehead atoms. The highest BCUT2D eigenvalue weighted by molar-refractivity contribution is 6.02. The van der Waals surface area contributed by atoms with E-state index in [9.17, 15) is 9.59 Å². The molecule has 0 saturated heterocycles. The Balaban J connectivity index is 1.88. The van der Waals surface area contributed by atoms with Gasteiger partial charge >= 0.3 is 0 Å². The van der Waals surface area contributed by atoms with Crippen molar-refractivity contribution >= 4 is 23.2 Å². The molecule has 1 heterocycles. The Morgan fingerprint density at radius 1 is 1.03 bits per heavy atom. The van der Waals surface area contributed by atoms with Crippen molar-refractivity contribution in [1.29, 1.82) is 0 Å². The third kappa shape index (κ3) is 5.88. The lowest BCUT2D eigenvalue weighted by molar-refractivity contribution is -0.118. The molecule has 1 aliphatic rings. The first-order chi connectivity index (χ1) is 15.3. The lowest BCUT2D eigenvalue weighted by Gasteiger charge is -2.33. The summed E-state index contributed by atoms with van der Waals surface area (Å²) in [5, 5.41) is 2.94. The van der Waals surface area contributed by atoms with Crippen LogP contribution < -0.4 is 10.2 Å². The SMILES string of the molecule is CC(C)C(=O)Nc1ccc(N2CCc3ccccc3C2)c(C(=O)N(C)CCCN(C)C)c1. The summed E-state index contributed by atoms with van der Waals surface area (Å²) in [6.45, 7) is 6.97. The van der Waals surface area contributed by atoms with Crippen LogP contribution in [0, 0.1) is 5.92 Å². The molecule has 0 spiro atoms. The molecule has 0 aromatic heterocycles. The summed E-state index contributed by atoms with van der Waals surface area (Å²) >= 11 is 0. The van der Waals surface area contributed by atoms with Crippen LogP contribution in [-0.2, 0) is 17.8 Å². The third-order valence-electron chi connectivity index (χ3n) is 5.94. The third-order valence-corrected chi connectivity index (χ3v) is 5.94. The fourth-order valence-corrected chi connectivity index (χ4v) is 3.98. The molecule has 1 aliphatic heterocycles. The molecule has 2 aromatic carbocycles. The van der Waals surface area contributed by atoms with Gasteiger partial charge in [-0.15, -0.1) is 0 Å². The van der Waals surface area contributed by atoms with Crippen molar-refractivity contribution in [2.24, 2.45) is 5.92 Å². The predicted molar refractivity (Wildman–Crippen MR) is 131 cm³/mol. The summed E-state index contributed by atoms with van der Waals surface area (Å²) in [5.41, 5.74) is 4.90. The van der Waals surface area contributed by atoms with Crippen LogP contribution in [0.1, 0.15) is 41.8 Å². The first-order valence-corrected chi connectivity index (χ1v) is 11.4. The van der Waals surface area contributed by atoms with Gasteiger partial charge in [-0.25, -0.2) is 0 Å². The minimum Gasteiger partial charge on any atom is -0.366 e. The van der Waals surface area contributed by atoms with Gasteiger partial charge in [0, 0.05) is 44.0 Å². The molecule has 0 radical (unpaired) electrons. The predicted octanol–water partition coefficient (Wildman–Crippen LogP) is 3.87. The second-order valence-electron chi connectivity index (χ2n) is 9.20. The number of anilines is 2. The van der Waals surface area contributed by atoms with E-state index in [-0.39, 0.29) is 17.7 Å². The number of benzene rings is 2. The molecule has 0 saturated carbocycles. The molecule has 2 aromatic rings. The lowest BCUT2D eigenvalue weighted by Crippen LogP contribution is -2.34. The maximum Gasteiger partial charge on any atom is 0.255 e. The number of carbonyl (C=O) groups excluding carboxylic acids is 2. The van der Waals surface area contributed by atoms with Crippen molar-refractivity contribution in [2.75, 3.05) is 51.0 Å². The van der Waals surface area contributed by atoms with Crippen molar-refractivity contribution in [3.63, 3.8) is 0 Å². The molecular formula is C26H36N4O2. The molecule has 6 nitrogen and oxygen atoms in total. The van der Waals surface area contributed by atoms with E-state index < -0.39 is 0 Å². The second-order valence-corrected chi connectivity index (χ2v) is 9.20. The molecule has 2 amide bonds. The molecule has 172 valence electrons. The Bertz CT molecular complexity index is 955. The van der Waals surface area contributed by atoms with Gasteiger partial charge in [-0.1, -0.05) is 38.1 Å². The van der Waals surface area contributed by atoms with Crippen molar-refractivity contribution in [3.05, 3.63) is 59.2 Å². The summed E-state index contributed by atoms with van der Waals surface area (Å²) in [5.74, 6) is -0.193. The molecule has 1 N–H and O–H groups in total. The quantitative estimate of drug-likeness (QED) is 0.683. The minimum atomic E-state index is -0.124. The van der Waals surface area contributed by atoms with Gasteiger partial charge < -0.3 is 20.0 Å². The van der Waals surface area contributed by atoms with Crippen LogP contribution in [0.3, 0.4) is 0 Å². The van der Waals surface area contributed by atoms with E-state index >= 15 is 0 Å².